The summed E-state index contributed by atoms with van der Waals surface area (Å²) in [5.74, 6) is 1.13. The molecule has 1 aromatic carbocycles. The highest BCUT2D eigenvalue weighted by Crippen LogP contribution is 2.30. The Balaban J connectivity index is 1.58. The molecule has 0 aromatic heterocycles. The summed E-state index contributed by atoms with van der Waals surface area (Å²) in [6, 6.07) is 7.34. The van der Waals surface area contributed by atoms with Crippen LogP contribution >= 0.6 is 0 Å². The lowest BCUT2D eigenvalue weighted by Crippen LogP contribution is -2.44. The van der Waals surface area contributed by atoms with E-state index in [2.05, 4.69) is 5.32 Å². The van der Waals surface area contributed by atoms with Crippen LogP contribution in [0.15, 0.2) is 24.3 Å². The molecule has 0 heterocycles. The third-order valence-electron chi connectivity index (χ3n) is 4.67. The number of rotatable bonds is 6. The second kappa shape index (κ2) is 6.69. The molecule has 22 heavy (non-hydrogen) atoms. The number of hydrogen-bond acceptors (Lipinski definition) is 3. The van der Waals surface area contributed by atoms with E-state index in [0.717, 1.165) is 25.7 Å². The fourth-order valence-electron chi connectivity index (χ4n) is 3.00. The predicted octanol–water partition coefficient (Wildman–Crippen LogP) is 2.90. The highest BCUT2D eigenvalue weighted by atomic mass is 16.5. The number of hydrogen-bond donors (Lipinski definition) is 2. The van der Waals surface area contributed by atoms with E-state index in [4.69, 9.17) is 4.74 Å². The molecular weight excluding hydrogens is 278 g/mol. The Morgan fingerprint density at radius 1 is 1.23 bits per heavy atom. The fourth-order valence-corrected chi connectivity index (χ4v) is 3.00. The lowest BCUT2D eigenvalue weighted by atomic mass is 9.85. The van der Waals surface area contributed by atoms with Crippen LogP contribution < -0.4 is 10.1 Å². The maximum atomic E-state index is 12.4. The van der Waals surface area contributed by atoms with E-state index in [1.165, 1.54) is 19.3 Å². The topological polar surface area (TPSA) is 58.6 Å². The van der Waals surface area contributed by atoms with Crippen LogP contribution in [-0.2, 0) is 0 Å². The Morgan fingerprint density at radius 3 is 2.68 bits per heavy atom. The van der Waals surface area contributed by atoms with Gasteiger partial charge in [0, 0.05) is 6.54 Å². The van der Waals surface area contributed by atoms with Crippen molar-refractivity contribution in [2.24, 2.45) is 5.92 Å². The molecule has 0 bridgehead atoms. The summed E-state index contributed by atoms with van der Waals surface area (Å²) in [7, 11) is 0. The molecule has 0 atom stereocenters. The van der Waals surface area contributed by atoms with Gasteiger partial charge in [-0.2, -0.15) is 0 Å². The Hall–Kier alpha value is -1.55. The zero-order chi connectivity index (χ0) is 15.4. The SMILES string of the molecule is O=C(NCC1(O)CCCCC1)c1ccccc1OCC1CC1. The maximum Gasteiger partial charge on any atom is 0.255 e. The Kier molecular flexibility index (Phi) is 4.67. The minimum atomic E-state index is -0.738. The Morgan fingerprint density at radius 2 is 1.95 bits per heavy atom. The molecule has 2 aliphatic carbocycles. The number of para-hydroxylation sites is 1. The summed E-state index contributed by atoms with van der Waals surface area (Å²) in [4.78, 5) is 12.4. The normalized spacial score (nSPS) is 20.4. The van der Waals surface area contributed by atoms with Crippen LogP contribution in [0.5, 0.6) is 5.75 Å². The molecule has 4 nitrogen and oxygen atoms in total. The van der Waals surface area contributed by atoms with Crippen molar-refractivity contribution in [3.05, 3.63) is 29.8 Å². The Labute approximate surface area is 131 Å². The lowest BCUT2D eigenvalue weighted by molar-refractivity contribution is 0.00522. The number of carbonyl (C=O) groups is 1. The average molecular weight is 303 g/mol. The predicted molar refractivity (Wildman–Crippen MR) is 85.0 cm³/mol. The third kappa shape index (κ3) is 4.01. The van der Waals surface area contributed by atoms with Gasteiger partial charge in [-0.3, -0.25) is 4.79 Å². The standard InChI is InChI=1S/C18H25NO3/c20-17(19-13-18(21)10-4-1-5-11-18)15-6-2-3-7-16(15)22-12-14-8-9-14/h2-3,6-7,14,21H,1,4-5,8-13H2,(H,19,20). The number of nitrogens with one attached hydrogen (secondary N) is 1. The smallest absolute Gasteiger partial charge is 0.255 e. The first-order chi connectivity index (χ1) is 10.7. The van der Waals surface area contributed by atoms with Gasteiger partial charge < -0.3 is 15.2 Å². The third-order valence-corrected chi connectivity index (χ3v) is 4.67. The van der Waals surface area contributed by atoms with Crippen molar-refractivity contribution >= 4 is 5.91 Å². The van der Waals surface area contributed by atoms with E-state index in [9.17, 15) is 9.90 Å². The lowest BCUT2D eigenvalue weighted by Gasteiger charge is -2.32. The molecule has 0 saturated heterocycles. The van der Waals surface area contributed by atoms with Gasteiger partial charge in [-0.05, 0) is 43.7 Å². The number of benzene rings is 1. The van der Waals surface area contributed by atoms with Gasteiger partial charge in [0.15, 0.2) is 0 Å². The average Bonchev–Trinajstić information content (AvgIpc) is 3.36. The van der Waals surface area contributed by atoms with Gasteiger partial charge in [0.25, 0.3) is 5.91 Å². The fraction of sp³-hybridized carbons (Fsp3) is 0.611. The van der Waals surface area contributed by atoms with Crippen LogP contribution in [0.25, 0.3) is 0 Å². The number of amides is 1. The summed E-state index contributed by atoms with van der Waals surface area (Å²) in [5.41, 5.74) is -0.180. The van der Waals surface area contributed by atoms with E-state index < -0.39 is 5.60 Å². The summed E-state index contributed by atoms with van der Waals surface area (Å²) in [5, 5.41) is 13.4. The second-order valence-electron chi connectivity index (χ2n) is 6.72. The highest BCUT2D eigenvalue weighted by Gasteiger charge is 2.30. The molecule has 0 unspecified atom stereocenters. The van der Waals surface area contributed by atoms with E-state index in [1.807, 2.05) is 18.2 Å². The van der Waals surface area contributed by atoms with Crippen LogP contribution in [0, 0.1) is 5.92 Å². The molecule has 2 N–H and O–H groups in total. The molecule has 2 fully saturated rings. The molecule has 120 valence electrons. The number of aliphatic hydroxyl groups is 1. The summed E-state index contributed by atoms with van der Waals surface area (Å²) >= 11 is 0. The van der Waals surface area contributed by atoms with E-state index >= 15 is 0 Å². The summed E-state index contributed by atoms with van der Waals surface area (Å²) in [6.45, 7) is 1.01. The first kappa shape index (κ1) is 15.3. The molecule has 0 aliphatic heterocycles. The quantitative estimate of drug-likeness (QED) is 0.849. The Bertz CT molecular complexity index is 519. The van der Waals surface area contributed by atoms with Gasteiger partial charge in [0.2, 0.25) is 0 Å². The van der Waals surface area contributed by atoms with Crippen molar-refractivity contribution in [1.82, 2.24) is 5.32 Å². The van der Waals surface area contributed by atoms with Gasteiger partial charge >= 0.3 is 0 Å². The van der Waals surface area contributed by atoms with Crippen LogP contribution in [0.2, 0.25) is 0 Å². The molecule has 2 aliphatic rings. The zero-order valence-corrected chi connectivity index (χ0v) is 13.0. The first-order valence-corrected chi connectivity index (χ1v) is 8.39. The number of carbonyl (C=O) groups excluding carboxylic acids is 1. The minimum absolute atomic E-state index is 0.162. The molecule has 1 aromatic rings. The summed E-state index contributed by atoms with van der Waals surface area (Å²) < 4.78 is 5.78. The highest BCUT2D eigenvalue weighted by molar-refractivity contribution is 5.96. The van der Waals surface area contributed by atoms with E-state index in [1.54, 1.807) is 6.07 Å². The molecular formula is C18H25NO3. The van der Waals surface area contributed by atoms with Gasteiger partial charge in [-0.25, -0.2) is 0 Å². The second-order valence-corrected chi connectivity index (χ2v) is 6.72. The van der Waals surface area contributed by atoms with Crippen LogP contribution in [0.3, 0.4) is 0 Å². The van der Waals surface area contributed by atoms with Gasteiger partial charge in [0.1, 0.15) is 5.75 Å². The van der Waals surface area contributed by atoms with Crippen molar-refractivity contribution in [2.75, 3.05) is 13.2 Å². The van der Waals surface area contributed by atoms with Crippen LogP contribution in [0.4, 0.5) is 0 Å². The van der Waals surface area contributed by atoms with Crippen molar-refractivity contribution in [3.8, 4) is 5.75 Å². The van der Waals surface area contributed by atoms with E-state index in [-0.39, 0.29) is 5.91 Å². The van der Waals surface area contributed by atoms with E-state index in [0.29, 0.717) is 30.4 Å². The number of ether oxygens (including phenoxy) is 1. The zero-order valence-electron chi connectivity index (χ0n) is 13.0. The van der Waals surface area contributed by atoms with Crippen molar-refractivity contribution in [2.45, 2.75) is 50.5 Å². The monoisotopic (exact) mass is 303 g/mol. The van der Waals surface area contributed by atoms with Crippen molar-refractivity contribution in [1.29, 1.82) is 0 Å². The minimum Gasteiger partial charge on any atom is -0.492 e. The van der Waals surface area contributed by atoms with Crippen LogP contribution in [-0.4, -0.2) is 29.8 Å². The molecule has 4 heteroatoms. The van der Waals surface area contributed by atoms with Crippen molar-refractivity contribution < 1.29 is 14.6 Å². The van der Waals surface area contributed by atoms with Crippen LogP contribution in [0.1, 0.15) is 55.3 Å². The molecule has 0 spiro atoms. The first-order valence-electron chi connectivity index (χ1n) is 8.39. The molecule has 2 saturated carbocycles. The van der Waals surface area contributed by atoms with Gasteiger partial charge in [-0.1, -0.05) is 31.4 Å². The molecule has 0 radical (unpaired) electrons. The maximum absolute atomic E-state index is 12.4. The largest absolute Gasteiger partial charge is 0.492 e. The van der Waals surface area contributed by atoms with Gasteiger partial charge in [0.05, 0.1) is 17.8 Å². The molecule has 1 amide bonds. The van der Waals surface area contributed by atoms with Gasteiger partial charge in [-0.15, -0.1) is 0 Å². The molecule has 3 rings (SSSR count). The van der Waals surface area contributed by atoms with Crippen molar-refractivity contribution in [3.63, 3.8) is 0 Å². The summed E-state index contributed by atoms with van der Waals surface area (Å²) in [6.07, 6.45) is 7.23.